The lowest BCUT2D eigenvalue weighted by Gasteiger charge is -2.10. The molecule has 0 saturated carbocycles. The smallest absolute Gasteiger partial charge is 0.326 e. The van der Waals surface area contributed by atoms with Gasteiger partial charge in [-0.25, -0.2) is 9.78 Å². The zero-order valence-electron chi connectivity index (χ0n) is 13.7. The first-order valence-electron chi connectivity index (χ1n) is 7.91. The lowest BCUT2D eigenvalue weighted by molar-refractivity contribution is -0.140. The second-order valence-corrected chi connectivity index (χ2v) is 5.96. The van der Waals surface area contributed by atoms with E-state index in [9.17, 15) is 14.7 Å². The van der Waals surface area contributed by atoms with Gasteiger partial charge in [0.25, 0.3) is 17.4 Å². The first-order valence-corrected chi connectivity index (χ1v) is 7.91. The Morgan fingerprint density at radius 3 is 2.96 bits per heavy atom. The molecule has 0 amide bonds. The van der Waals surface area contributed by atoms with Gasteiger partial charge in [-0.3, -0.25) is 14.3 Å². The Morgan fingerprint density at radius 1 is 1.38 bits per heavy atom. The van der Waals surface area contributed by atoms with Gasteiger partial charge in [0.1, 0.15) is 23.2 Å². The highest BCUT2D eigenvalue weighted by molar-refractivity contribution is 5.73. The Kier molecular flexibility index (Phi) is 3.72. The van der Waals surface area contributed by atoms with Gasteiger partial charge in [0, 0.05) is 12.1 Å². The quantitative estimate of drug-likeness (QED) is 0.715. The summed E-state index contributed by atoms with van der Waals surface area (Å²) in [6, 6.07) is 4.32. The summed E-state index contributed by atoms with van der Waals surface area (Å²) in [5.41, 5.74) is 0.0787. The van der Waals surface area contributed by atoms with Crippen molar-refractivity contribution < 1.29 is 14.4 Å². The molecule has 3 aromatic rings. The number of aromatic nitrogens is 5. The van der Waals surface area contributed by atoms with Crippen molar-refractivity contribution in [3.05, 3.63) is 46.8 Å². The molecule has 0 radical (unpaired) electrons. The molecule has 0 aromatic carbocycles. The van der Waals surface area contributed by atoms with Crippen LogP contribution in [0.1, 0.15) is 31.1 Å². The number of fused-ring (bicyclic) bond motifs is 1. The molecule has 26 heavy (non-hydrogen) atoms. The molecule has 4 rings (SSSR count). The summed E-state index contributed by atoms with van der Waals surface area (Å²) < 4.78 is 6.33. The number of hydrogen-bond acceptors (Lipinski definition) is 8. The van der Waals surface area contributed by atoms with Gasteiger partial charge in [0.2, 0.25) is 0 Å². The van der Waals surface area contributed by atoms with Gasteiger partial charge in [0.15, 0.2) is 0 Å². The van der Waals surface area contributed by atoms with E-state index in [1.165, 1.54) is 10.8 Å². The van der Waals surface area contributed by atoms with Gasteiger partial charge in [-0.05, 0) is 23.7 Å². The highest BCUT2D eigenvalue weighted by atomic mass is 16.5. The third-order valence-corrected chi connectivity index (χ3v) is 4.19. The van der Waals surface area contributed by atoms with E-state index in [4.69, 9.17) is 4.52 Å². The van der Waals surface area contributed by atoms with E-state index in [1.54, 1.807) is 24.4 Å². The molecule has 10 heteroatoms. The van der Waals surface area contributed by atoms with Crippen LogP contribution in [0, 0.1) is 0 Å². The number of pyridine rings is 1. The summed E-state index contributed by atoms with van der Waals surface area (Å²) in [5.74, 6) is -0.468. The van der Waals surface area contributed by atoms with Crippen molar-refractivity contribution in [1.82, 2.24) is 24.7 Å². The lowest BCUT2D eigenvalue weighted by Crippen LogP contribution is -2.29. The Hall–Kier alpha value is -3.56. The van der Waals surface area contributed by atoms with Crippen LogP contribution in [0.2, 0.25) is 0 Å². The van der Waals surface area contributed by atoms with Crippen molar-refractivity contribution in [2.24, 2.45) is 0 Å². The first kappa shape index (κ1) is 15.9. The van der Waals surface area contributed by atoms with E-state index in [0.717, 1.165) is 0 Å². The van der Waals surface area contributed by atoms with E-state index in [0.29, 0.717) is 17.9 Å². The highest BCUT2D eigenvalue weighted by Gasteiger charge is 2.35. The molecule has 3 aromatic heterocycles. The fraction of sp³-hybridized carbons (Fsp3) is 0.250. The van der Waals surface area contributed by atoms with Crippen molar-refractivity contribution in [2.45, 2.75) is 25.3 Å². The van der Waals surface area contributed by atoms with Gasteiger partial charge < -0.3 is 14.9 Å². The second kappa shape index (κ2) is 6.06. The number of carbonyl (C=O) groups is 1. The predicted molar refractivity (Wildman–Crippen MR) is 89.0 cm³/mol. The first-order chi connectivity index (χ1) is 12.5. The maximum Gasteiger partial charge on any atom is 0.326 e. The fourth-order valence-corrected chi connectivity index (χ4v) is 2.98. The number of hydrogen-bond donors (Lipinski definition) is 2. The second-order valence-electron chi connectivity index (χ2n) is 5.96. The third kappa shape index (κ3) is 2.61. The summed E-state index contributed by atoms with van der Waals surface area (Å²) in [4.78, 5) is 36.6. The molecule has 4 heterocycles. The average molecular weight is 354 g/mol. The SMILES string of the molecule is C[C@@H]1C[C@@H](C(=O)O)n2c1ncc(Nc1noc(-c3ccccn3)n1)c2=O. The Labute approximate surface area is 146 Å². The van der Waals surface area contributed by atoms with Gasteiger partial charge in [-0.2, -0.15) is 4.98 Å². The van der Waals surface area contributed by atoms with Crippen LogP contribution in [-0.2, 0) is 4.79 Å². The molecule has 0 saturated heterocycles. The number of aliphatic carboxylic acids is 1. The van der Waals surface area contributed by atoms with Crippen molar-refractivity contribution in [2.75, 3.05) is 5.32 Å². The van der Waals surface area contributed by atoms with Gasteiger partial charge in [-0.1, -0.05) is 13.0 Å². The van der Waals surface area contributed by atoms with Crippen LogP contribution in [0.15, 0.2) is 39.9 Å². The number of nitrogens with zero attached hydrogens (tertiary/aromatic N) is 5. The third-order valence-electron chi connectivity index (χ3n) is 4.19. The Balaban J connectivity index is 1.66. The Bertz CT molecular complexity index is 1030. The molecule has 0 unspecified atom stereocenters. The minimum atomic E-state index is -1.06. The Morgan fingerprint density at radius 2 is 2.23 bits per heavy atom. The molecule has 0 spiro atoms. The van der Waals surface area contributed by atoms with E-state index < -0.39 is 17.6 Å². The molecule has 2 atom stereocenters. The fourth-order valence-electron chi connectivity index (χ4n) is 2.98. The monoisotopic (exact) mass is 354 g/mol. The molecule has 0 aliphatic carbocycles. The number of carboxylic acid groups (broad SMARTS) is 1. The number of rotatable bonds is 4. The van der Waals surface area contributed by atoms with Crippen LogP contribution in [0.3, 0.4) is 0 Å². The van der Waals surface area contributed by atoms with Crippen LogP contribution in [0.25, 0.3) is 11.6 Å². The zero-order valence-corrected chi connectivity index (χ0v) is 13.7. The van der Waals surface area contributed by atoms with Crippen LogP contribution < -0.4 is 10.9 Å². The maximum absolute atomic E-state index is 12.7. The molecule has 0 bridgehead atoms. The van der Waals surface area contributed by atoms with Gasteiger partial charge >= 0.3 is 5.97 Å². The van der Waals surface area contributed by atoms with Crippen molar-refractivity contribution >= 4 is 17.6 Å². The van der Waals surface area contributed by atoms with Crippen LogP contribution in [0.5, 0.6) is 0 Å². The molecule has 10 nitrogen and oxygen atoms in total. The summed E-state index contributed by atoms with van der Waals surface area (Å²) >= 11 is 0. The largest absolute Gasteiger partial charge is 0.480 e. The van der Waals surface area contributed by atoms with Gasteiger partial charge in [-0.15, -0.1) is 0 Å². The van der Waals surface area contributed by atoms with Gasteiger partial charge in [0.05, 0.1) is 6.20 Å². The van der Waals surface area contributed by atoms with E-state index in [-0.39, 0.29) is 23.4 Å². The van der Waals surface area contributed by atoms with Crippen molar-refractivity contribution in [1.29, 1.82) is 0 Å². The van der Waals surface area contributed by atoms with Crippen LogP contribution in [0.4, 0.5) is 11.6 Å². The maximum atomic E-state index is 12.7. The summed E-state index contributed by atoms with van der Waals surface area (Å²) in [6.07, 6.45) is 3.27. The molecule has 1 aliphatic rings. The average Bonchev–Trinajstić information content (AvgIpc) is 3.23. The predicted octanol–water partition coefficient (Wildman–Crippen LogP) is 1.56. The minimum Gasteiger partial charge on any atom is -0.480 e. The molecular formula is C16H14N6O4. The molecule has 2 N–H and O–H groups in total. The van der Waals surface area contributed by atoms with E-state index in [2.05, 4.69) is 25.4 Å². The number of carboxylic acids is 1. The summed E-state index contributed by atoms with van der Waals surface area (Å²) in [6.45, 7) is 1.84. The normalized spacial score (nSPS) is 18.5. The lowest BCUT2D eigenvalue weighted by atomic mass is 10.1. The van der Waals surface area contributed by atoms with Crippen molar-refractivity contribution in [3.63, 3.8) is 0 Å². The molecule has 1 aliphatic heterocycles. The van der Waals surface area contributed by atoms with Crippen molar-refractivity contribution in [3.8, 4) is 11.6 Å². The summed E-state index contributed by atoms with van der Waals surface area (Å²) in [7, 11) is 0. The molecular weight excluding hydrogens is 340 g/mol. The van der Waals surface area contributed by atoms with Crippen LogP contribution >= 0.6 is 0 Å². The minimum absolute atomic E-state index is 0.0584. The number of nitrogens with one attached hydrogen (secondary N) is 1. The highest BCUT2D eigenvalue weighted by Crippen LogP contribution is 2.33. The molecule has 132 valence electrons. The standard InChI is InChI=1S/C16H14N6O4/c1-8-6-11(15(24)25)22-12(8)18-7-10(14(22)23)19-16-20-13(26-21-16)9-4-2-3-5-17-9/h2-5,7-8,11H,6H2,1H3,(H,19,21)(H,24,25)/t8-,11+/m1/s1. The molecule has 0 fully saturated rings. The zero-order chi connectivity index (χ0) is 18.3. The topological polar surface area (TPSA) is 136 Å². The number of anilines is 2. The van der Waals surface area contributed by atoms with E-state index >= 15 is 0 Å². The van der Waals surface area contributed by atoms with E-state index in [1.807, 2.05) is 6.92 Å². The van der Waals surface area contributed by atoms with Crippen LogP contribution in [-0.4, -0.2) is 35.8 Å². The summed E-state index contributed by atoms with van der Waals surface area (Å²) in [5, 5.41) is 15.9.